The minimum absolute atomic E-state index is 0.118. The summed E-state index contributed by atoms with van der Waals surface area (Å²) in [6.45, 7) is 1.66. The van der Waals surface area contributed by atoms with Crippen LogP contribution in [0.2, 0.25) is 0 Å². The zero-order valence-corrected chi connectivity index (χ0v) is 17.0. The van der Waals surface area contributed by atoms with E-state index >= 15 is 0 Å². The number of carboxylic acids is 1. The van der Waals surface area contributed by atoms with Crippen molar-refractivity contribution >= 4 is 33.6 Å². The second kappa shape index (κ2) is 8.80. The number of halogens is 5. The Morgan fingerprint density at radius 2 is 1.76 bits per heavy atom. The van der Waals surface area contributed by atoms with Crippen molar-refractivity contribution in [2.45, 2.75) is 13.1 Å². The highest BCUT2D eigenvalue weighted by Gasteiger charge is 2.38. The van der Waals surface area contributed by atoms with Crippen LogP contribution in [0.25, 0.3) is 33.1 Å². The third-order valence-corrected chi connectivity index (χ3v) is 4.66. The second-order valence-electron chi connectivity index (χ2n) is 6.85. The molecule has 2 aromatic heterocycles. The highest BCUT2D eigenvalue weighted by atomic mass is 19.4. The molecule has 0 radical (unpaired) electrons. The lowest BCUT2D eigenvalue weighted by molar-refractivity contribution is -0.192. The summed E-state index contributed by atoms with van der Waals surface area (Å²) >= 11 is 0. The summed E-state index contributed by atoms with van der Waals surface area (Å²) in [5, 5.41) is 24.6. The number of nitrogens with zero attached hydrogens (tertiary/aromatic N) is 2. The Bertz CT molecular complexity index is 1510. The van der Waals surface area contributed by atoms with Gasteiger partial charge in [0.25, 0.3) is 0 Å². The maximum absolute atomic E-state index is 14.7. The molecule has 0 fully saturated rings. The molecule has 0 saturated carbocycles. The molecular weight excluding hydrogens is 469 g/mol. The molecule has 6 N–H and O–H groups in total. The van der Waals surface area contributed by atoms with E-state index in [0.29, 0.717) is 28.3 Å². The van der Waals surface area contributed by atoms with Gasteiger partial charge in [0.05, 0.1) is 11.1 Å². The van der Waals surface area contributed by atoms with Crippen LogP contribution in [-0.4, -0.2) is 43.5 Å². The number of fused-ring (bicyclic) bond motifs is 3. The Hall–Kier alpha value is -4.49. The third-order valence-electron chi connectivity index (χ3n) is 4.66. The maximum atomic E-state index is 14.7. The number of nitrogens with two attached hydrogens (primary N) is 1. The average molecular weight is 483 g/mol. The standard InChI is InChI=1S/C18H13F2N5O2.C2HF3O2/c1-7-12-14-13(10(19)6-11(26)15(14)20)16(22-18(12)24-23-7)8-3-2-4-9(5-8)17(21)25-27;3-2(4,5)1(6)7/h2-6,27H,1H3,(H2,21,25)(H2,22,23,24);(H,6,7). The number of oxime groups is 1. The van der Waals surface area contributed by atoms with Crippen molar-refractivity contribution < 1.29 is 37.1 Å². The van der Waals surface area contributed by atoms with Crippen LogP contribution < -0.4 is 11.2 Å². The van der Waals surface area contributed by atoms with Crippen LogP contribution >= 0.6 is 0 Å². The van der Waals surface area contributed by atoms with Gasteiger partial charge < -0.3 is 21.1 Å². The molecule has 0 aliphatic heterocycles. The zero-order valence-electron chi connectivity index (χ0n) is 17.0. The fraction of sp³-hybridized carbons (Fsp3) is 0.100. The van der Waals surface area contributed by atoms with Crippen LogP contribution in [0, 0.1) is 18.6 Å². The average Bonchev–Trinajstić information content (AvgIpc) is 3.16. The van der Waals surface area contributed by atoms with Gasteiger partial charge in [0.1, 0.15) is 5.82 Å². The molecule has 4 aromatic rings. The van der Waals surface area contributed by atoms with Gasteiger partial charge in [-0.1, -0.05) is 23.4 Å². The van der Waals surface area contributed by atoms with Gasteiger partial charge in [-0.05, 0) is 13.0 Å². The lowest BCUT2D eigenvalue weighted by atomic mass is 9.98. The van der Waals surface area contributed by atoms with Crippen LogP contribution in [-0.2, 0) is 4.79 Å². The Morgan fingerprint density at radius 1 is 1.12 bits per heavy atom. The number of carboxylic acid groups (broad SMARTS) is 1. The van der Waals surface area contributed by atoms with E-state index in [4.69, 9.17) is 20.8 Å². The second-order valence-corrected chi connectivity index (χ2v) is 6.85. The number of amidine groups is 1. The molecule has 0 bridgehead atoms. The van der Waals surface area contributed by atoms with E-state index in [0.717, 1.165) is 0 Å². The highest BCUT2D eigenvalue weighted by Crippen LogP contribution is 2.35. The molecule has 178 valence electrons. The first-order chi connectivity index (χ1) is 15.9. The van der Waals surface area contributed by atoms with Gasteiger partial charge in [-0.3, -0.25) is 9.89 Å². The number of rotatable bonds is 2. The molecule has 0 aliphatic carbocycles. The number of carbonyl (C=O) groups is 1. The molecule has 4 rings (SSSR count). The molecular formula is C20H14F5N5O4. The van der Waals surface area contributed by atoms with Crippen LogP contribution in [0.3, 0.4) is 0 Å². The fourth-order valence-electron chi connectivity index (χ4n) is 3.17. The molecule has 0 saturated heterocycles. The first-order valence-electron chi connectivity index (χ1n) is 9.13. The number of hydrogen-bond acceptors (Lipinski definition) is 5. The van der Waals surface area contributed by atoms with Crippen molar-refractivity contribution in [2.75, 3.05) is 0 Å². The van der Waals surface area contributed by atoms with E-state index in [-0.39, 0.29) is 27.9 Å². The summed E-state index contributed by atoms with van der Waals surface area (Å²) in [4.78, 5) is 25.2. The minimum atomic E-state index is -5.08. The Morgan fingerprint density at radius 3 is 2.35 bits per heavy atom. The summed E-state index contributed by atoms with van der Waals surface area (Å²) in [5.41, 5.74) is 6.28. The summed E-state index contributed by atoms with van der Waals surface area (Å²) in [5.74, 6) is -4.83. The molecule has 2 aromatic carbocycles. The van der Waals surface area contributed by atoms with Gasteiger partial charge in [0, 0.05) is 33.7 Å². The van der Waals surface area contributed by atoms with Crippen molar-refractivity contribution in [1.29, 1.82) is 0 Å². The molecule has 14 heteroatoms. The van der Waals surface area contributed by atoms with E-state index < -0.39 is 29.2 Å². The quantitative estimate of drug-likeness (QED) is 0.0967. The lowest BCUT2D eigenvalue weighted by Gasteiger charge is -2.10. The fourth-order valence-corrected chi connectivity index (χ4v) is 3.17. The van der Waals surface area contributed by atoms with Gasteiger partial charge in [0.2, 0.25) is 5.43 Å². The molecule has 0 amide bonds. The van der Waals surface area contributed by atoms with Crippen LogP contribution in [0.15, 0.2) is 40.3 Å². The number of pyridine rings is 1. The molecule has 0 aliphatic rings. The van der Waals surface area contributed by atoms with E-state index in [1.165, 1.54) is 6.07 Å². The van der Waals surface area contributed by atoms with E-state index in [1.54, 1.807) is 25.1 Å². The largest absolute Gasteiger partial charge is 0.490 e. The number of nitrogens with one attached hydrogen (secondary N) is 2. The van der Waals surface area contributed by atoms with Crippen molar-refractivity contribution in [3.63, 3.8) is 0 Å². The third kappa shape index (κ3) is 4.37. The Balaban J connectivity index is 0.000000406. The van der Waals surface area contributed by atoms with E-state index in [2.05, 4.69) is 20.3 Å². The number of alkyl halides is 3. The van der Waals surface area contributed by atoms with Gasteiger partial charge >= 0.3 is 12.1 Å². The SMILES string of the molecule is Cc1[nH][nH]c2nc(-c3cccc(C(N)=NO)c3)c3c(F)cc(=O)c(F)c3c12.O=C(O)C(F)(F)F. The van der Waals surface area contributed by atoms with Gasteiger partial charge in [-0.15, -0.1) is 0 Å². The number of aromatic amines is 2. The molecule has 0 atom stereocenters. The van der Waals surface area contributed by atoms with Crippen molar-refractivity contribution in [3.05, 3.63) is 63.4 Å². The Kier molecular flexibility index (Phi) is 6.25. The summed E-state index contributed by atoms with van der Waals surface area (Å²) < 4.78 is 61.2. The maximum Gasteiger partial charge on any atom is 0.490 e. The zero-order chi connectivity index (χ0) is 25.4. The highest BCUT2D eigenvalue weighted by molar-refractivity contribution is 6.11. The van der Waals surface area contributed by atoms with E-state index in [9.17, 15) is 26.7 Å². The summed E-state index contributed by atoms with van der Waals surface area (Å²) in [6.07, 6.45) is -5.08. The summed E-state index contributed by atoms with van der Waals surface area (Å²) in [7, 11) is 0. The first-order valence-corrected chi connectivity index (χ1v) is 9.13. The number of aryl methyl sites for hydroxylation is 1. The predicted molar refractivity (Wildman–Crippen MR) is 111 cm³/mol. The minimum Gasteiger partial charge on any atom is -0.475 e. The van der Waals surface area contributed by atoms with Gasteiger partial charge in [-0.25, -0.2) is 18.6 Å². The molecule has 34 heavy (non-hydrogen) atoms. The molecule has 2 heterocycles. The van der Waals surface area contributed by atoms with Crippen molar-refractivity contribution in [3.8, 4) is 11.3 Å². The topological polar surface area (TPSA) is 157 Å². The summed E-state index contributed by atoms with van der Waals surface area (Å²) in [6, 6.07) is 6.98. The van der Waals surface area contributed by atoms with Crippen LogP contribution in [0.4, 0.5) is 22.0 Å². The van der Waals surface area contributed by atoms with E-state index in [1.807, 2.05) is 0 Å². The van der Waals surface area contributed by atoms with Gasteiger partial charge in [-0.2, -0.15) is 13.2 Å². The number of hydrogen-bond donors (Lipinski definition) is 5. The predicted octanol–water partition coefficient (Wildman–Crippen LogP) is 3.39. The number of aromatic nitrogens is 3. The van der Waals surface area contributed by atoms with Crippen molar-refractivity contribution in [1.82, 2.24) is 15.2 Å². The van der Waals surface area contributed by atoms with Crippen LogP contribution in [0.5, 0.6) is 0 Å². The normalized spacial score (nSPS) is 12.0. The molecule has 0 spiro atoms. The van der Waals surface area contributed by atoms with Gasteiger partial charge in [0.15, 0.2) is 17.3 Å². The molecule has 9 nitrogen and oxygen atoms in total. The number of benzene rings is 2. The molecule has 0 unspecified atom stereocenters. The van der Waals surface area contributed by atoms with Crippen LogP contribution in [0.1, 0.15) is 11.3 Å². The number of aliphatic carboxylic acids is 1. The first kappa shape index (κ1) is 24.2. The monoisotopic (exact) mass is 483 g/mol. The lowest BCUT2D eigenvalue weighted by Crippen LogP contribution is -2.21. The van der Waals surface area contributed by atoms with Crippen molar-refractivity contribution in [2.24, 2.45) is 10.9 Å². The number of H-pyrrole nitrogens is 2. The Labute approximate surface area is 185 Å². The smallest absolute Gasteiger partial charge is 0.475 e.